The number of allylic oxidation sites excluding steroid dienone is 1. The Balaban J connectivity index is 1.20. The van der Waals surface area contributed by atoms with E-state index < -0.39 is 6.29 Å². The van der Waals surface area contributed by atoms with Crippen LogP contribution in [0.3, 0.4) is 0 Å². The van der Waals surface area contributed by atoms with Gasteiger partial charge in [-0.25, -0.2) is 4.68 Å². The standard InChI is InChI=1S/C24H27N5O2/c1-17-11-18(7-6-10-28-15-24(2,3)16-28)12-25-23(17)19-13-29(27-26-19)14-22-30-20-8-4-5-9-21(20)31-22/h4-5,8-9,12-13,17,22H,10-11,14-16H2,1-3H3. The summed E-state index contributed by atoms with van der Waals surface area (Å²) in [6, 6.07) is 7.66. The number of likely N-dealkylation sites (tertiary alicyclic amines) is 1. The molecule has 0 amide bonds. The molecule has 0 N–H and O–H groups in total. The molecule has 31 heavy (non-hydrogen) atoms. The third-order valence-electron chi connectivity index (χ3n) is 5.71. The molecule has 1 atom stereocenters. The van der Waals surface area contributed by atoms with Crippen molar-refractivity contribution in [3.63, 3.8) is 0 Å². The van der Waals surface area contributed by atoms with Gasteiger partial charge >= 0.3 is 0 Å². The first-order chi connectivity index (χ1) is 14.9. The molecular formula is C24H27N5O2. The third kappa shape index (κ3) is 4.35. The Morgan fingerprint density at radius 1 is 1.16 bits per heavy atom. The Morgan fingerprint density at radius 3 is 2.58 bits per heavy atom. The van der Waals surface area contributed by atoms with Gasteiger partial charge in [0.1, 0.15) is 12.2 Å². The van der Waals surface area contributed by atoms with Crippen molar-refractivity contribution in [1.82, 2.24) is 19.9 Å². The summed E-state index contributed by atoms with van der Waals surface area (Å²) in [6.45, 7) is 10.3. The number of fused-ring (bicyclic) bond motifs is 1. The van der Waals surface area contributed by atoms with Crippen LogP contribution in [0.25, 0.3) is 0 Å². The molecule has 3 aliphatic heterocycles. The van der Waals surface area contributed by atoms with E-state index in [4.69, 9.17) is 9.47 Å². The maximum atomic E-state index is 5.81. The lowest BCUT2D eigenvalue weighted by Gasteiger charge is -2.44. The predicted octanol–water partition coefficient (Wildman–Crippen LogP) is 3.13. The summed E-state index contributed by atoms with van der Waals surface area (Å²) in [6.07, 6.45) is 4.24. The first kappa shape index (κ1) is 19.8. The van der Waals surface area contributed by atoms with E-state index >= 15 is 0 Å². The lowest BCUT2D eigenvalue weighted by atomic mass is 9.84. The molecule has 0 spiro atoms. The molecule has 0 radical (unpaired) electrons. The Bertz CT molecular complexity index is 1070. The zero-order valence-electron chi connectivity index (χ0n) is 18.2. The van der Waals surface area contributed by atoms with Crippen LogP contribution in [0.2, 0.25) is 0 Å². The maximum absolute atomic E-state index is 5.81. The molecule has 0 aliphatic carbocycles. The van der Waals surface area contributed by atoms with Gasteiger partial charge in [-0.05, 0) is 24.0 Å². The quantitative estimate of drug-likeness (QED) is 0.715. The zero-order chi connectivity index (χ0) is 21.4. The van der Waals surface area contributed by atoms with Gasteiger partial charge in [-0.2, -0.15) is 0 Å². The minimum Gasteiger partial charge on any atom is -0.449 e. The van der Waals surface area contributed by atoms with E-state index in [2.05, 4.69) is 52.8 Å². The monoisotopic (exact) mass is 417 g/mol. The Labute approximate surface area is 182 Å². The van der Waals surface area contributed by atoms with E-state index in [1.165, 1.54) is 0 Å². The number of nitrogens with zero attached hydrogens (tertiary/aromatic N) is 5. The highest BCUT2D eigenvalue weighted by Crippen LogP contribution is 2.34. The predicted molar refractivity (Wildman–Crippen MR) is 118 cm³/mol. The first-order valence-electron chi connectivity index (χ1n) is 10.8. The molecule has 1 aromatic carbocycles. The minimum atomic E-state index is -0.406. The van der Waals surface area contributed by atoms with Crippen molar-refractivity contribution in [3.05, 3.63) is 47.9 Å². The molecule has 0 bridgehead atoms. The van der Waals surface area contributed by atoms with Crippen LogP contribution in [-0.2, 0) is 6.54 Å². The number of para-hydroxylation sites is 2. The van der Waals surface area contributed by atoms with Crippen molar-refractivity contribution in [1.29, 1.82) is 0 Å². The number of ether oxygens (including phenoxy) is 2. The van der Waals surface area contributed by atoms with Crippen molar-refractivity contribution >= 4 is 5.71 Å². The number of aliphatic imine (C=N–C) groups is 1. The molecule has 1 unspecified atom stereocenters. The SMILES string of the molecule is CC1CC(C#CCN2CC(C)(C)C2)=CN=C1c1cn(CC2Oc3ccccc3O2)nn1. The maximum Gasteiger partial charge on any atom is 0.260 e. The van der Waals surface area contributed by atoms with Crippen LogP contribution in [0.5, 0.6) is 11.5 Å². The molecule has 2 aromatic rings. The van der Waals surface area contributed by atoms with Crippen LogP contribution < -0.4 is 9.47 Å². The van der Waals surface area contributed by atoms with Crippen molar-refractivity contribution in [2.45, 2.75) is 40.0 Å². The second kappa shape index (κ2) is 7.86. The second-order valence-electron chi connectivity index (χ2n) is 9.32. The fourth-order valence-electron chi connectivity index (χ4n) is 4.38. The van der Waals surface area contributed by atoms with Crippen molar-refractivity contribution in [3.8, 4) is 23.3 Å². The molecule has 0 saturated carbocycles. The van der Waals surface area contributed by atoms with Crippen LogP contribution in [0, 0.1) is 23.2 Å². The van der Waals surface area contributed by atoms with Gasteiger partial charge in [0.05, 0.1) is 18.5 Å². The summed E-state index contributed by atoms with van der Waals surface area (Å²) in [4.78, 5) is 7.03. The van der Waals surface area contributed by atoms with Gasteiger partial charge in [-0.1, -0.05) is 50.0 Å². The average Bonchev–Trinajstić information content (AvgIpc) is 3.33. The zero-order valence-corrected chi connectivity index (χ0v) is 18.2. The van der Waals surface area contributed by atoms with E-state index in [1.54, 1.807) is 4.68 Å². The van der Waals surface area contributed by atoms with Gasteiger partial charge < -0.3 is 9.47 Å². The summed E-state index contributed by atoms with van der Waals surface area (Å²) >= 11 is 0. The normalized spacial score (nSPS) is 22.2. The molecule has 5 rings (SSSR count). The van der Waals surface area contributed by atoms with Gasteiger partial charge in [0, 0.05) is 30.8 Å². The molecule has 4 heterocycles. The molecule has 160 valence electrons. The van der Waals surface area contributed by atoms with Gasteiger partial charge in [0.2, 0.25) is 0 Å². The lowest BCUT2D eigenvalue weighted by molar-refractivity contribution is 0.0305. The minimum absolute atomic E-state index is 0.241. The Morgan fingerprint density at radius 2 is 1.90 bits per heavy atom. The van der Waals surface area contributed by atoms with E-state index in [9.17, 15) is 0 Å². The van der Waals surface area contributed by atoms with Crippen molar-refractivity contribution in [2.75, 3.05) is 19.6 Å². The third-order valence-corrected chi connectivity index (χ3v) is 5.71. The molecule has 3 aliphatic rings. The van der Waals surface area contributed by atoms with Crippen LogP contribution >= 0.6 is 0 Å². The number of hydrogen-bond donors (Lipinski definition) is 0. The Kier molecular flexibility index (Phi) is 5.03. The van der Waals surface area contributed by atoms with Gasteiger partial charge in [0.25, 0.3) is 6.29 Å². The second-order valence-corrected chi connectivity index (χ2v) is 9.32. The van der Waals surface area contributed by atoms with Crippen molar-refractivity contribution < 1.29 is 9.47 Å². The smallest absolute Gasteiger partial charge is 0.260 e. The summed E-state index contributed by atoms with van der Waals surface area (Å²) in [7, 11) is 0. The van der Waals surface area contributed by atoms with Crippen molar-refractivity contribution in [2.24, 2.45) is 16.3 Å². The van der Waals surface area contributed by atoms with E-state index in [0.29, 0.717) is 12.0 Å². The molecule has 7 nitrogen and oxygen atoms in total. The molecule has 7 heteroatoms. The lowest BCUT2D eigenvalue weighted by Crippen LogP contribution is -2.52. The summed E-state index contributed by atoms with van der Waals surface area (Å²) < 4.78 is 13.4. The summed E-state index contributed by atoms with van der Waals surface area (Å²) in [5, 5.41) is 8.56. The van der Waals surface area contributed by atoms with E-state index in [-0.39, 0.29) is 5.92 Å². The Hall–Kier alpha value is -3.11. The first-order valence-corrected chi connectivity index (χ1v) is 10.8. The van der Waals surface area contributed by atoms with Gasteiger partial charge in [-0.15, -0.1) is 5.10 Å². The van der Waals surface area contributed by atoms with Crippen LogP contribution in [0.4, 0.5) is 0 Å². The molecule has 1 fully saturated rings. The summed E-state index contributed by atoms with van der Waals surface area (Å²) in [5.41, 5.74) is 3.25. The number of hydrogen-bond acceptors (Lipinski definition) is 6. The molecule has 1 saturated heterocycles. The van der Waals surface area contributed by atoms with Crippen LogP contribution in [0.15, 0.2) is 47.2 Å². The highest BCUT2D eigenvalue weighted by molar-refractivity contribution is 6.01. The fraction of sp³-hybridized carbons (Fsp3) is 0.458. The van der Waals surface area contributed by atoms with Gasteiger partial charge in [0.15, 0.2) is 11.5 Å². The van der Waals surface area contributed by atoms with Gasteiger partial charge in [-0.3, -0.25) is 9.89 Å². The number of benzene rings is 1. The van der Waals surface area contributed by atoms with Crippen LogP contribution in [0.1, 0.15) is 32.9 Å². The topological polar surface area (TPSA) is 64.8 Å². The van der Waals surface area contributed by atoms with Crippen LogP contribution in [-0.4, -0.2) is 51.5 Å². The highest BCUT2D eigenvalue weighted by Gasteiger charge is 2.33. The highest BCUT2D eigenvalue weighted by atomic mass is 16.7. The molecule has 1 aromatic heterocycles. The number of rotatable bonds is 4. The largest absolute Gasteiger partial charge is 0.449 e. The summed E-state index contributed by atoms with van der Waals surface area (Å²) in [5.74, 6) is 8.36. The molecular weight excluding hydrogens is 390 g/mol. The van der Waals surface area contributed by atoms with E-state index in [1.807, 2.05) is 36.7 Å². The van der Waals surface area contributed by atoms with E-state index in [0.717, 1.165) is 54.5 Å². The fourth-order valence-corrected chi connectivity index (χ4v) is 4.38. The number of aromatic nitrogens is 3. The average molecular weight is 418 g/mol.